The summed E-state index contributed by atoms with van der Waals surface area (Å²) in [5, 5.41) is 0. The van der Waals surface area contributed by atoms with E-state index in [1.54, 1.807) is 0 Å². The van der Waals surface area contributed by atoms with Crippen molar-refractivity contribution in [3.8, 4) is 0 Å². The van der Waals surface area contributed by atoms with Crippen molar-refractivity contribution in [3.05, 3.63) is 47.5 Å². The van der Waals surface area contributed by atoms with E-state index >= 15 is 0 Å². The summed E-state index contributed by atoms with van der Waals surface area (Å²) in [6.45, 7) is 6.72. The fraction of sp³-hybridized carbons (Fsp3) is 0.625. The molecule has 0 bridgehead atoms. The Morgan fingerprint density at radius 2 is 1.50 bits per heavy atom. The standard InChI is InChI=1S/C24H38O2/c1-4-5-6-7-8-9-10-11-15-18-23(19-21(2)3)24(25)26-20-22-16-13-12-14-17-22/h12-14,16-17,19,23H,4-11,15,18,20H2,1-3H3. The first-order valence-corrected chi connectivity index (χ1v) is 10.5. The van der Waals surface area contributed by atoms with Gasteiger partial charge >= 0.3 is 5.97 Å². The van der Waals surface area contributed by atoms with Crippen molar-refractivity contribution in [1.82, 2.24) is 0 Å². The fourth-order valence-corrected chi connectivity index (χ4v) is 3.18. The monoisotopic (exact) mass is 358 g/mol. The smallest absolute Gasteiger partial charge is 0.313 e. The predicted octanol–water partition coefficient (Wildman–Crippen LogP) is 7.23. The third-order valence-electron chi connectivity index (χ3n) is 4.68. The van der Waals surface area contributed by atoms with Gasteiger partial charge in [0.05, 0.1) is 5.92 Å². The van der Waals surface area contributed by atoms with Gasteiger partial charge in [-0.2, -0.15) is 0 Å². The molecule has 2 nitrogen and oxygen atoms in total. The van der Waals surface area contributed by atoms with Gasteiger partial charge in [0.1, 0.15) is 6.61 Å². The summed E-state index contributed by atoms with van der Waals surface area (Å²) in [4.78, 5) is 12.5. The number of carbonyl (C=O) groups is 1. The Bertz CT molecular complexity index is 500. The Labute approximate surface area is 161 Å². The van der Waals surface area contributed by atoms with E-state index in [4.69, 9.17) is 4.74 Å². The van der Waals surface area contributed by atoms with E-state index in [1.165, 1.54) is 56.9 Å². The summed E-state index contributed by atoms with van der Waals surface area (Å²) in [5.74, 6) is -0.192. The second kappa shape index (κ2) is 14.6. The molecular weight excluding hydrogens is 320 g/mol. The molecule has 0 saturated heterocycles. The van der Waals surface area contributed by atoms with E-state index in [1.807, 2.05) is 44.2 Å². The lowest BCUT2D eigenvalue weighted by atomic mass is 9.98. The van der Waals surface area contributed by atoms with Crippen LogP contribution in [0.15, 0.2) is 42.0 Å². The summed E-state index contributed by atoms with van der Waals surface area (Å²) in [6.07, 6.45) is 14.7. The van der Waals surface area contributed by atoms with Gasteiger partial charge in [-0.3, -0.25) is 4.79 Å². The average Bonchev–Trinajstić information content (AvgIpc) is 2.64. The molecule has 0 aliphatic rings. The average molecular weight is 359 g/mol. The van der Waals surface area contributed by atoms with Crippen LogP contribution in [0.3, 0.4) is 0 Å². The van der Waals surface area contributed by atoms with Crippen molar-refractivity contribution in [2.24, 2.45) is 5.92 Å². The first-order valence-electron chi connectivity index (χ1n) is 10.5. The summed E-state index contributed by atoms with van der Waals surface area (Å²) in [5.41, 5.74) is 2.22. The molecule has 0 radical (unpaired) electrons. The SMILES string of the molecule is CCCCCCCCCCCC(C=C(C)C)C(=O)OCc1ccccc1. The maximum Gasteiger partial charge on any atom is 0.313 e. The predicted molar refractivity (Wildman–Crippen MR) is 111 cm³/mol. The number of unbranched alkanes of at least 4 members (excludes halogenated alkanes) is 8. The van der Waals surface area contributed by atoms with Crippen LogP contribution < -0.4 is 0 Å². The molecule has 0 amide bonds. The van der Waals surface area contributed by atoms with E-state index < -0.39 is 0 Å². The first-order chi connectivity index (χ1) is 12.6. The number of benzene rings is 1. The van der Waals surface area contributed by atoms with Crippen LogP contribution >= 0.6 is 0 Å². The van der Waals surface area contributed by atoms with Crippen LogP contribution in [0.4, 0.5) is 0 Å². The Morgan fingerprint density at radius 1 is 0.923 bits per heavy atom. The number of esters is 1. The van der Waals surface area contributed by atoms with Crippen LogP contribution in [0.1, 0.15) is 90.5 Å². The summed E-state index contributed by atoms with van der Waals surface area (Å²) in [6, 6.07) is 9.90. The van der Waals surface area contributed by atoms with Crippen LogP contribution in [-0.4, -0.2) is 5.97 Å². The molecule has 0 fully saturated rings. The maximum absolute atomic E-state index is 12.5. The first kappa shape index (κ1) is 22.5. The highest BCUT2D eigenvalue weighted by Crippen LogP contribution is 2.18. The Morgan fingerprint density at radius 3 is 2.08 bits per heavy atom. The zero-order valence-corrected chi connectivity index (χ0v) is 17.1. The summed E-state index contributed by atoms with van der Waals surface area (Å²) in [7, 11) is 0. The van der Waals surface area contributed by atoms with Crippen LogP contribution in [0.2, 0.25) is 0 Å². The second-order valence-corrected chi connectivity index (χ2v) is 7.56. The third-order valence-corrected chi connectivity index (χ3v) is 4.68. The van der Waals surface area contributed by atoms with Gasteiger partial charge in [0, 0.05) is 0 Å². The molecule has 1 atom stereocenters. The van der Waals surface area contributed by atoms with Crippen molar-refractivity contribution >= 4 is 5.97 Å². The van der Waals surface area contributed by atoms with E-state index in [0.717, 1.165) is 18.4 Å². The molecular formula is C24H38O2. The molecule has 0 heterocycles. The normalized spacial score (nSPS) is 11.8. The molecule has 2 heteroatoms. The summed E-state index contributed by atoms with van der Waals surface area (Å²) < 4.78 is 5.54. The van der Waals surface area contributed by atoms with Gasteiger partial charge in [-0.25, -0.2) is 0 Å². The molecule has 1 unspecified atom stereocenters. The lowest BCUT2D eigenvalue weighted by Crippen LogP contribution is -2.16. The van der Waals surface area contributed by atoms with Crippen LogP contribution in [0.25, 0.3) is 0 Å². The molecule has 0 spiro atoms. The van der Waals surface area contributed by atoms with Gasteiger partial charge in [0.15, 0.2) is 0 Å². The minimum absolute atomic E-state index is 0.0883. The summed E-state index contributed by atoms with van der Waals surface area (Å²) >= 11 is 0. The van der Waals surface area contributed by atoms with Crippen molar-refractivity contribution in [3.63, 3.8) is 0 Å². The maximum atomic E-state index is 12.5. The topological polar surface area (TPSA) is 26.3 Å². The molecule has 1 rings (SSSR count). The van der Waals surface area contributed by atoms with Gasteiger partial charge in [-0.15, -0.1) is 0 Å². The lowest BCUT2D eigenvalue weighted by Gasteiger charge is -2.13. The largest absolute Gasteiger partial charge is 0.460 e. The molecule has 146 valence electrons. The van der Waals surface area contributed by atoms with Gasteiger partial charge in [0.2, 0.25) is 0 Å². The van der Waals surface area contributed by atoms with Gasteiger partial charge < -0.3 is 4.74 Å². The third kappa shape index (κ3) is 11.1. The fourth-order valence-electron chi connectivity index (χ4n) is 3.18. The molecule has 1 aromatic rings. The molecule has 0 aliphatic carbocycles. The Kier molecular flexibility index (Phi) is 12.6. The zero-order valence-electron chi connectivity index (χ0n) is 17.1. The van der Waals surface area contributed by atoms with E-state index in [-0.39, 0.29) is 11.9 Å². The molecule has 26 heavy (non-hydrogen) atoms. The lowest BCUT2D eigenvalue weighted by molar-refractivity contribution is -0.148. The van der Waals surface area contributed by atoms with E-state index in [2.05, 4.69) is 13.0 Å². The highest BCUT2D eigenvalue weighted by molar-refractivity contribution is 5.74. The van der Waals surface area contributed by atoms with Crippen LogP contribution in [-0.2, 0) is 16.1 Å². The zero-order chi connectivity index (χ0) is 19.0. The van der Waals surface area contributed by atoms with Crippen molar-refractivity contribution in [2.45, 2.75) is 91.6 Å². The van der Waals surface area contributed by atoms with Crippen molar-refractivity contribution in [2.75, 3.05) is 0 Å². The number of rotatable bonds is 14. The van der Waals surface area contributed by atoms with Crippen LogP contribution in [0, 0.1) is 5.92 Å². The number of hydrogen-bond donors (Lipinski definition) is 0. The number of hydrogen-bond acceptors (Lipinski definition) is 2. The molecule has 0 aliphatic heterocycles. The number of ether oxygens (including phenoxy) is 1. The number of allylic oxidation sites excluding steroid dienone is 1. The molecule has 0 N–H and O–H groups in total. The van der Waals surface area contributed by atoms with Crippen molar-refractivity contribution < 1.29 is 9.53 Å². The number of carbonyl (C=O) groups excluding carboxylic acids is 1. The molecule has 1 aromatic carbocycles. The highest BCUT2D eigenvalue weighted by Gasteiger charge is 2.17. The highest BCUT2D eigenvalue weighted by atomic mass is 16.5. The van der Waals surface area contributed by atoms with Gasteiger partial charge in [-0.05, 0) is 25.8 Å². The minimum Gasteiger partial charge on any atom is -0.460 e. The van der Waals surface area contributed by atoms with Gasteiger partial charge in [0.25, 0.3) is 0 Å². The Balaban J connectivity index is 2.26. The second-order valence-electron chi connectivity index (χ2n) is 7.56. The van der Waals surface area contributed by atoms with E-state index in [0.29, 0.717) is 6.61 Å². The van der Waals surface area contributed by atoms with Crippen LogP contribution in [0.5, 0.6) is 0 Å². The van der Waals surface area contributed by atoms with Crippen molar-refractivity contribution in [1.29, 1.82) is 0 Å². The quantitative estimate of drug-likeness (QED) is 0.199. The minimum atomic E-state index is -0.103. The molecule has 0 saturated carbocycles. The van der Waals surface area contributed by atoms with E-state index in [9.17, 15) is 4.79 Å². The molecule has 0 aromatic heterocycles. The Hall–Kier alpha value is -1.57. The van der Waals surface area contributed by atoms with Gasteiger partial charge in [-0.1, -0.05) is 107 Å².